The summed E-state index contributed by atoms with van der Waals surface area (Å²) in [6.07, 6.45) is -2.32. The van der Waals surface area contributed by atoms with Crippen LogP contribution in [0.2, 0.25) is 0 Å². The minimum absolute atomic E-state index is 0.0209. The van der Waals surface area contributed by atoms with Gasteiger partial charge in [0, 0.05) is 12.5 Å². The monoisotopic (exact) mass is 340 g/mol. The molecule has 2 amide bonds. The molecule has 0 saturated heterocycles. The summed E-state index contributed by atoms with van der Waals surface area (Å²) in [5.74, 6) is 1.31. The minimum Gasteiger partial charge on any atom is -0.337 e. The average molecular weight is 340 g/mol. The van der Waals surface area contributed by atoms with Gasteiger partial charge < -0.3 is 15.2 Å². The fourth-order valence-electron chi connectivity index (χ4n) is 2.11. The van der Waals surface area contributed by atoms with Crippen molar-refractivity contribution < 1.29 is 22.5 Å². The van der Waals surface area contributed by atoms with Gasteiger partial charge >= 0.3 is 12.2 Å². The van der Waals surface area contributed by atoms with Crippen molar-refractivity contribution in [3.63, 3.8) is 0 Å². The van der Waals surface area contributed by atoms with Crippen molar-refractivity contribution in [3.8, 4) is 0 Å². The quantitative estimate of drug-likeness (QED) is 0.877. The molecule has 24 heavy (non-hydrogen) atoms. The SMILES string of the molecule is O=C(NCc1cccc(C(F)(F)F)c1)NCc1nc(C2CC2)no1. The van der Waals surface area contributed by atoms with Gasteiger partial charge in [-0.1, -0.05) is 17.3 Å². The zero-order valence-corrected chi connectivity index (χ0v) is 12.6. The van der Waals surface area contributed by atoms with Gasteiger partial charge in [0.1, 0.15) is 0 Å². The molecule has 1 fully saturated rings. The van der Waals surface area contributed by atoms with Crippen LogP contribution in [-0.2, 0) is 19.3 Å². The second kappa shape index (κ2) is 6.50. The Morgan fingerprint density at radius 1 is 1.25 bits per heavy atom. The van der Waals surface area contributed by atoms with Crippen molar-refractivity contribution in [3.05, 3.63) is 47.1 Å². The van der Waals surface area contributed by atoms with Crippen molar-refractivity contribution in [2.45, 2.75) is 38.0 Å². The lowest BCUT2D eigenvalue weighted by Gasteiger charge is -2.09. The highest BCUT2D eigenvalue weighted by Gasteiger charge is 2.30. The summed E-state index contributed by atoms with van der Waals surface area (Å²) in [6, 6.07) is 4.26. The third-order valence-electron chi connectivity index (χ3n) is 3.53. The van der Waals surface area contributed by atoms with Gasteiger partial charge in [0.15, 0.2) is 5.82 Å². The standard InChI is InChI=1S/C15H15F3N4O2/c16-15(17,18)11-3-1-2-9(6-11)7-19-14(23)20-8-12-21-13(22-24-12)10-4-5-10/h1-3,6,10H,4-5,7-8H2,(H2,19,20,23). The second-order valence-electron chi connectivity index (χ2n) is 5.55. The first kappa shape index (κ1) is 16.3. The van der Waals surface area contributed by atoms with Crippen LogP contribution in [0.3, 0.4) is 0 Å². The van der Waals surface area contributed by atoms with E-state index < -0.39 is 17.8 Å². The van der Waals surface area contributed by atoms with Gasteiger partial charge in [-0.15, -0.1) is 0 Å². The first-order chi connectivity index (χ1) is 11.4. The number of carbonyl (C=O) groups is 1. The summed E-state index contributed by atoms with van der Waals surface area (Å²) in [5, 5.41) is 8.82. The van der Waals surface area contributed by atoms with E-state index in [0.29, 0.717) is 23.2 Å². The molecular weight excluding hydrogens is 325 g/mol. The first-order valence-corrected chi connectivity index (χ1v) is 7.42. The number of hydrogen-bond donors (Lipinski definition) is 2. The summed E-state index contributed by atoms with van der Waals surface area (Å²) in [5.41, 5.74) is -0.394. The van der Waals surface area contributed by atoms with E-state index >= 15 is 0 Å². The van der Waals surface area contributed by atoms with E-state index in [1.165, 1.54) is 12.1 Å². The van der Waals surface area contributed by atoms with Gasteiger partial charge in [-0.3, -0.25) is 0 Å². The van der Waals surface area contributed by atoms with Crippen molar-refractivity contribution in [1.82, 2.24) is 20.8 Å². The van der Waals surface area contributed by atoms with Crippen LogP contribution in [-0.4, -0.2) is 16.2 Å². The summed E-state index contributed by atoms with van der Waals surface area (Å²) in [6.45, 7) is 0.0427. The van der Waals surface area contributed by atoms with Gasteiger partial charge in [0.25, 0.3) is 0 Å². The molecule has 9 heteroatoms. The predicted molar refractivity (Wildman–Crippen MR) is 76.8 cm³/mol. The third kappa shape index (κ3) is 4.24. The third-order valence-corrected chi connectivity index (χ3v) is 3.53. The minimum atomic E-state index is -4.41. The van der Waals surface area contributed by atoms with Crippen LogP contribution >= 0.6 is 0 Å². The second-order valence-corrected chi connectivity index (χ2v) is 5.55. The Kier molecular flexibility index (Phi) is 4.41. The normalized spacial score (nSPS) is 14.5. The molecule has 1 saturated carbocycles. The zero-order chi connectivity index (χ0) is 17.2. The molecule has 2 N–H and O–H groups in total. The highest BCUT2D eigenvalue weighted by atomic mass is 19.4. The number of amides is 2. The zero-order valence-electron chi connectivity index (χ0n) is 12.6. The maximum Gasteiger partial charge on any atom is 0.416 e. The van der Waals surface area contributed by atoms with Gasteiger partial charge in [-0.05, 0) is 30.5 Å². The van der Waals surface area contributed by atoms with E-state index in [4.69, 9.17) is 4.52 Å². The molecule has 6 nitrogen and oxygen atoms in total. The Balaban J connectivity index is 1.46. The van der Waals surface area contributed by atoms with Crippen LogP contribution in [0.5, 0.6) is 0 Å². The largest absolute Gasteiger partial charge is 0.416 e. The van der Waals surface area contributed by atoms with Crippen molar-refractivity contribution in [2.75, 3.05) is 0 Å². The average Bonchev–Trinajstić information content (AvgIpc) is 3.29. The molecule has 0 atom stereocenters. The number of alkyl halides is 3. The number of aromatic nitrogens is 2. The molecular formula is C15H15F3N4O2. The Morgan fingerprint density at radius 3 is 2.71 bits per heavy atom. The van der Waals surface area contributed by atoms with Gasteiger partial charge in [0.05, 0.1) is 12.1 Å². The van der Waals surface area contributed by atoms with Crippen LogP contribution in [0, 0.1) is 0 Å². The Morgan fingerprint density at radius 2 is 2.00 bits per heavy atom. The molecule has 0 bridgehead atoms. The lowest BCUT2D eigenvalue weighted by atomic mass is 10.1. The fraction of sp³-hybridized carbons (Fsp3) is 0.400. The first-order valence-electron chi connectivity index (χ1n) is 7.42. The maximum absolute atomic E-state index is 12.6. The summed E-state index contributed by atoms with van der Waals surface area (Å²) >= 11 is 0. The van der Waals surface area contributed by atoms with E-state index in [1.807, 2.05) is 0 Å². The fourth-order valence-corrected chi connectivity index (χ4v) is 2.11. The number of carbonyl (C=O) groups excluding carboxylic acids is 1. The van der Waals surface area contributed by atoms with E-state index in [-0.39, 0.29) is 13.1 Å². The van der Waals surface area contributed by atoms with Crippen molar-refractivity contribution >= 4 is 6.03 Å². The number of benzene rings is 1. The van der Waals surface area contributed by atoms with Gasteiger partial charge in [-0.25, -0.2) is 4.79 Å². The lowest BCUT2D eigenvalue weighted by Crippen LogP contribution is -2.34. The molecule has 0 aliphatic heterocycles. The molecule has 1 heterocycles. The number of hydrogen-bond acceptors (Lipinski definition) is 4. The van der Waals surface area contributed by atoms with Crippen LogP contribution < -0.4 is 10.6 Å². The van der Waals surface area contributed by atoms with Crippen molar-refractivity contribution in [2.24, 2.45) is 0 Å². The Hall–Kier alpha value is -2.58. The molecule has 1 aromatic heterocycles. The molecule has 1 aliphatic carbocycles. The van der Waals surface area contributed by atoms with Gasteiger partial charge in [0.2, 0.25) is 5.89 Å². The van der Waals surface area contributed by atoms with Crippen LogP contribution in [0.25, 0.3) is 0 Å². The maximum atomic E-state index is 12.6. The topological polar surface area (TPSA) is 80.0 Å². The van der Waals surface area contributed by atoms with Crippen LogP contribution in [0.15, 0.2) is 28.8 Å². The molecule has 2 aromatic rings. The lowest BCUT2D eigenvalue weighted by molar-refractivity contribution is -0.137. The van der Waals surface area contributed by atoms with Crippen LogP contribution in [0.1, 0.15) is 41.6 Å². The predicted octanol–water partition coefficient (Wildman–Crippen LogP) is 2.97. The summed E-state index contributed by atoms with van der Waals surface area (Å²) < 4.78 is 42.8. The molecule has 3 rings (SSSR count). The number of urea groups is 1. The smallest absolute Gasteiger partial charge is 0.337 e. The van der Waals surface area contributed by atoms with E-state index in [1.54, 1.807) is 0 Å². The number of halogens is 3. The molecule has 0 spiro atoms. The number of nitrogens with zero attached hydrogens (tertiary/aromatic N) is 2. The van der Waals surface area contributed by atoms with E-state index in [9.17, 15) is 18.0 Å². The van der Waals surface area contributed by atoms with E-state index in [0.717, 1.165) is 25.0 Å². The molecule has 128 valence electrons. The van der Waals surface area contributed by atoms with Gasteiger partial charge in [-0.2, -0.15) is 18.2 Å². The summed E-state index contributed by atoms with van der Waals surface area (Å²) in [4.78, 5) is 15.8. The molecule has 0 unspecified atom stereocenters. The van der Waals surface area contributed by atoms with E-state index in [2.05, 4.69) is 20.8 Å². The summed E-state index contributed by atoms with van der Waals surface area (Å²) in [7, 11) is 0. The number of nitrogens with one attached hydrogen (secondary N) is 2. The molecule has 1 aromatic carbocycles. The molecule has 0 radical (unpaired) electrons. The Bertz CT molecular complexity index is 726. The number of rotatable bonds is 5. The molecule has 1 aliphatic rings. The highest BCUT2D eigenvalue weighted by molar-refractivity contribution is 5.73. The van der Waals surface area contributed by atoms with Crippen molar-refractivity contribution in [1.29, 1.82) is 0 Å². The Labute approximate surface area is 135 Å². The highest BCUT2D eigenvalue weighted by Crippen LogP contribution is 2.38. The van der Waals surface area contributed by atoms with Crippen LogP contribution in [0.4, 0.5) is 18.0 Å².